The smallest absolute Gasteiger partial charge is 0.321 e. The number of carbonyl (C=O) groups is 1. The van der Waals surface area contributed by atoms with Gasteiger partial charge in [0.15, 0.2) is 0 Å². The summed E-state index contributed by atoms with van der Waals surface area (Å²) in [7, 11) is -0.944. The van der Waals surface area contributed by atoms with Crippen LogP contribution in [0.15, 0.2) is 53.9 Å². The van der Waals surface area contributed by atoms with Gasteiger partial charge < -0.3 is 9.47 Å². The molecule has 0 amide bonds. The second kappa shape index (κ2) is 9.55. The largest absolute Gasteiger partial charge is 0.496 e. The summed E-state index contributed by atoms with van der Waals surface area (Å²) >= 11 is 5.93. The van der Waals surface area contributed by atoms with E-state index in [0.717, 1.165) is 15.3 Å². The van der Waals surface area contributed by atoms with Gasteiger partial charge in [-0.1, -0.05) is 41.9 Å². The molecule has 0 atom stereocenters. The zero-order valence-corrected chi connectivity index (χ0v) is 16.5. The van der Waals surface area contributed by atoms with Crippen LogP contribution in [0.4, 0.5) is 0 Å². The number of rotatable bonds is 8. The summed E-state index contributed by atoms with van der Waals surface area (Å²) in [5.41, 5.74) is 1.33. The van der Waals surface area contributed by atoms with Crippen LogP contribution in [0.3, 0.4) is 0 Å². The van der Waals surface area contributed by atoms with Crippen LogP contribution in [0, 0.1) is 0 Å². The van der Waals surface area contributed by atoms with Crippen LogP contribution in [-0.2, 0) is 26.2 Å². The van der Waals surface area contributed by atoms with E-state index >= 15 is 0 Å². The Morgan fingerprint density at radius 3 is 2.56 bits per heavy atom. The lowest BCUT2D eigenvalue weighted by Crippen LogP contribution is -2.31. The van der Waals surface area contributed by atoms with Gasteiger partial charge in [-0.25, -0.2) is 8.42 Å². The lowest BCUT2D eigenvalue weighted by Gasteiger charge is -2.14. The maximum atomic E-state index is 12.3. The van der Waals surface area contributed by atoms with E-state index in [1.165, 1.54) is 20.2 Å². The molecule has 0 aliphatic rings. The van der Waals surface area contributed by atoms with Gasteiger partial charge in [-0.3, -0.25) is 4.79 Å². The number of nitrogens with zero attached hydrogens (tertiary/aromatic N) is 1. The van der Waals surface area contributed by atoms with E-state index in [1.54, 1.807) is 42.5 Å². The molecule has 0 bridgehead atoms. The number of carbonyl (C=O) groups excluding carboxylic acids is 1. The quantitative estimate of drug-likeness (QED) is 0.625. The number of ether oxygens (including phenoxy) is 2. The van der Waals surface area contributed by atoms with E-state index in [1.807, 2.05) is 6.07 Å². The third-order valence-electron chi connectivity index (χ3n) is 3.65. The van der Waals surface area contributed by atoms with Crippen molar-refractivity contribution in [1.29, 1.82) is 0 Å². The first kappa shape index (κ1) is 21.0. The third-order valence-corrected chi connectivity index (χ3v) is 5.36. The lowest BCUT2D eigenvalue weighted by atomic mass is 10.2. The SMILES string of the molecule is COc1ccc(Cl)cc1COC(=O)CN(C)S(=O)(=O)/C=C/c1ccccc1. The van der Waals surface area contributed by atoms with Crippen molar-refractivity contribution in [2.45, 2.75) is 6.61 Å². The highest BCUT2D eigenvalue weighted by Gasteiger charge is 2.19. The van der Waals surface area contributed by atoms with E-state index in [-0.39, 0.29) is 6.61 Å². The zero-order chi connectivity index (χ0) is 19.9. The fourth-order valence-electron chi connectivity index (χ4n) is 2.17. The summed E-state index contributed by atoms with van der Waals surface area (Å²) in [5.74, 6) is -0.157. The van der Waals surface area contributed by atoms with Crippen molar-refractivity contribution in [3.63, 3.8) is 0 Å². The molecule has 0 aromatic heterocycles. The van der Waals surface area contributed by atoms with Crippen molar-refractivity contribution in [2.75, 3.05) is 20.7 Å². The molecule has 2 aromatic carbocycles. The average Bonchev–Trinajstić information content (AvgIpc) is 2.65. The van der Waals surface area contributed by atoms with Crippen molar-refractivity contribution in [3.05, 3.63) is 70.1 Å². The summed E-state index contributed by atoms with van der Waals surface area (Å²) in [6.45, 7) is -0.485. The Labute approximate surface area is 164 Å². The van der Waals surface area contributed by atoms with Crippen LogP contribution < -0.4 is 4.74 Å². The van der Waals surface area contributed by atoms with Crippen molar-refractivity contribution < 1.29 is 22.7 Å². The number of hydrogen-bond acceptors (Lipinski definition) is 5. The minimum atomic E-state index is -3.75. The van der Waals surface area contributed by atoms with Crippen LogP contribution in [0.2, 0.25) is 5.02 Å². The highest BCUT2D eigenvalue weighted by molar-refractivity contribution is 7.92. The molecule has 0 saturated carbocycles. The molecule has 144 valence electrons. The molecule has 0 spiro atoms. The number of halogens is 1. The van der Waals surface area contributed by atoms with Gasteiger partial charge in [0, 0.05) is 23.0 Å². The van der Waals surface area contributed by atoms with Crippen LogP contribution in [0.5, 0.6) is 5.75 Å². The van der Waals surface area contributed by atoms with Gasteiger partial charge in [0.25, 0.3) is 0 Å². The maximum Gasteiger partial charge on any atom is 0.321 e. The number of sulfonamides is 1. The predicted molar refractivity (Wildman–Crippen MR) is 105 cm³/mol. The molecule has 2 rings (SSSR count). The molecular weight excluding hydrogens is 390 g/mol. The van der Waals surface area contributed by atoms with Crippen molar-refractivity contribution in [2.24, 2.45) is 0 Å². The fraction of sp³-hybridized carbons (Fsp3) is 0.211. The van der Waals surface area contributed by atoms with Crippen LogP contribution in [-0.4, -0.2) is 39.4 Å². The van der Waals surface area contributed by atoms with Gasteiger partial charge >= 0.3 is 5.97 Å². The van der Waals surface area contributed by atoms with Crippen LogP contribution >= 0.6 is 11.6 Å². The predicted octanol–water partition coefficient (Wildman–Crippen LogP) is 3.32. The molecule has 0 aliphatic carbocycles. The summed E-state index contributed by atoms with van der Waals surface area (Å²) in [5, 5.41) is 1.53. The van der Waals surface area contributed by atoms with Gasteiger partial charge in [0.05, 0.1) is 7.11 Å². The minimum Gasteiger partial charge on any atom is -0.496 e. The van der Waals surface area contributed by atoms with Gasteiger partial charge in [-0.15, -0.1) is 0 Å². The Kier molecular flexibility index (Phi) is 7.41. The van der Waals surface area contributed by atoms with E-state index in [0.29, 0.717) is 16.3 Å². The molecule has 27 heavy (non-hydrogen) atoms. The molecule has 2 aromatic rings. The normalized spacial score (nSPS) is 11.7. The van der Waals surface area contributed by atoms with Crippen LogP contribution in [0.1, 0.15) is 11.1 Å². The Morgan fingerprint density at radius 2 is 1.89 bits per heavy atom. The summed E-state index contributed by atoms with van der Waals surface area (Å²) < 4.78 is 35.7. The zero-order valence-electron chi connectivity index (χ0n) is 15.0. The number of likely N-dealkylation sites (N-methyl/N-ethyl adjacent to an activating group) is 1. The molecule has 0 saturated heterocycles. The van der Waals surface area contributed by atoms with Gasteiger partial charge in [-0.05, 0) is 29.8 Å². The van der Waals surface area contributed by atoms with Gasteiger partial charge in [-0.2, -0.15) is 4.31 Å². The summed E-state index contributed by atoms with van der Waals surface area (Å²) in [6, 6.07) is 13.9. The lowest BCUT2D eigenvalue weighted by molar-refractivity contribution is -0.144. The standard InChI is InChI=1S/C19H20ClNO5S/c1-21(27(23,24)11-10-15-6-4-3-5-7-15)13-19(22)26-14-16-12-17(20)8-9-18(16)25-2/h3-12H,13-14H2,1-2H3/b11-10+. The third kappa shape index (κ3) is 6.39. The van der Waals surface area contributed by atoms with Crippen molar-refractivity contribution >= 4 is 33.7 Å². The summed E-state index contributed by atoms with van der Waals surface area (Å²) in [4.78, 5) is 12.0. The topological polar surface area (TPSA) is 72.9 Å². The average molecular weight is 410 g/mol. The minimum absolute atomic E-state index is 0.0731. The van der Waals surface area contributed by atoms with E-state index in [2.05, 4.69) is 0 Å². The molecule has 0 aliphatic heterocycles. The Morgan fingerprint density at radius 1 is 1.19 bits per heavy atom. The number of hydrogen-bond donors (Lipinski definition) is 0. The molecule has 6 nitrogen and oxygen atoms in total. The molecule has 0 heterocycles. The first-order valence-corrected chi connectivity index (χ1v) is 9.87. The second-order valence-corrected chi connectivity index (χ2v) is 7.99. The number of methoxy groups -OCH3 is 1. The summed E-state index contributed by atoms with van der Waals surface area (Å²) in [6.07, 6.45) is 1.47. The Balaban J connectivity index is 1.95. The molecule has 0 fully saturated rings. The highest BCUT2D eigenvalue weighted by Crippen LogP contribution is 2.23. The Bertz CT molecular complexity index is 913. The number of esters is 1. The van der Waals surface area contributed by atoms with E-state index < -0.39 is 22.5 Å². The Hall–Kier alpha value is -2.35. The van der Waals surface area contributed by atoms with Crippen molar-refractivity contribution in [1.82, 2.24) is 4.31 Å². The van der Waals surface area contributed by atoms with Crippen molar-refractivity contribution in [3.8, 4) is 5.75 Å². The first-order valence-electron chi connectivity index (χ1n) is 7.99. The molecule has 0 unspecified atom stereocenters. The van der Waals surface area contributed by atoms with Crippen LogP contribution in [0.25, 0.3) is 6.08 Å². The van der Waals surface area contributed by atoms with Gasteiger partial charge in [0.1, 0.15) is 18.9 Å². The molecule has 0 radical (unpaired) electrons. The first-order chi connectivity index (χ1) is 12.8. The van der Waals surface area contributed by atoms with E-state index in [4.69, 9.17) is 21.1 Å². The molecule has 8 heteroatoms. The number of benzene rings is 2. The second-order valence-electron chi connectivity index (χ2n) is 5.63. The molecule has 0 N–H and O–H groups in total. The monoisotopic (exact) mass is 409 g/mol. The molecular formula is C19H20ClNO5S. The van der Waals surface area contributed by atoms with E-state index in [9.17, 15) is 13.2 Å². The fourth-order valence-corrected chi connectivity index (χ4v) is 3.19. The maximum absolute atomic E-state index is 12.3. The van der Waals surface area contributed by atoms with Gasteiger partial charge in [0.2, 0.25) is 10.0 Å². The highest BCUT2D eigenvalue weighted by atomic mass is 35.5.